The molecule has 0 radical (unpaired) electrons. The first-order chi connectivity index (χ1) is 11.1. The second-order valence-corrected chi connectivity index (χ2v) is 4.87. The predicted molar refractivity (Wildman–Crippen MR) is 82.0 cm³/mol. The Morgan fingerprint density at radius 2 is 1.22 bits per heavy atom. The fraction of sp³-hybridized carbons (Fsp3) is 0. The van der Waals surface area contributed by atoms with Gasteiger partial charge in [-0.25, -0.2) is 13.6 Å². The molecule has 0 aliphatic heterocycles. The quantitative estimate of drug-likeness (QED) is 0.780. The number of halogens is 2. The van der Waals surface area contributed by atoms with Crippen molar-refractivity contribution < 1.29 is 18.7 Å². The van der Waals surface area contributed by atoms with Gasteiger partial charge in [0.15, 0.2) is 0 Å². The van der Waals surface area contributed by atoms with Crippen LogP contribution >= 0.6 is 0 Å². The first kappa shape index (κ1) is 14.8. The second-order valence-electron chi connectivity index (χ2n) is 4.87. The molecule has 3 aromatic rings. The Balaban J connectivity index is 2.33. The zero-order valence-corrected chi connectivity index (χ0v) is 11.8. The summed E-state index contributed by atoms with van der Waals surface area (Å²) < 4.78 is 28.1. The highest BCUT2D eigenvalue weighted by atomic mass is 19.1. The summed E-state index contributed by atoms with van der Waals surface area (Å²) in [6, 6.07) is 11.6. The molecule has 0 spiro atoms. The van der Waals surface area contributed by atoms with E-state index in [1.54, 1.807) is 12.1 Å². The third kappa shape index (κ3) is 2.68. The molecule has 0 fully saturated rings. The topological polar surface area (TPSA) is 50.2 Å². The average molecular weight is 311 g/mol. The van der Waals surface area contributed by atoms with Gasteiger partial charge in [0.05, 0.1) is 5.56 Å². The largest absolute Gasteiger partial charge is 0.478 e. The number of aromatic carboxylic acids is 1. The summed E-state index contributed by atoms with van der Waals surface area (Å²) in [7, 11) is 0. The molecule has 3 nitrogen and oxygen atoms in total. The summed E-state index contributed by atoms with van der Waals surface area (Å²) in [6.45, 7) is 0. The molecule has 0 unspecified atom stereocenters. The van der Waals surface area contributed by atoms with Crippen molar-refractivity contribution in [2.45, 2.75) is 0 Å². The zero-order chi connectivity index (χ0) is 16.4. The van der Waals surface area contributed by atoms with E-state index in [0.717, 1.165) is 0 Å². The van der Waals surface area contributed by atoms with Gasteiger partial charge in [-0.3, -0.25) is 4.98 Å². The summed E-state index contributed by atoms with van der Waals surface area (Å²) in [4.78, 5) is 15.7. The number of carboxylic acid groups (broad SMARTS) is 1. The summed E-state index contributed by atoms with van der Waals surface area (Å²) in [5.41, 5.74) is 0.245. The van der Waals surface area contributed by atoms with Gasteiger partial charge in [0, 0.05) is 34.6 Å². The van der Waals surface area contributed by atoms with Crippen molar-refractivity contribution in [2.24, 2.45) is 0 Å². The zero-order valence-electron chi connectivity index (χ0n) is 11.8. The maximum Gasteiger partial charge on any atom is 0.337 e. The van der Waals surface area contributed by atoms with E-state index in [1.165, 1.54) is 48.8 Å². The highest BCUT2D eigenvalue weighted by molar-refractivity contribution is 6.02. The van der Waals surface area contributed by atoms with Crippen LogP contribution in [-0.2, 0) is 0 Å². The SMILES string of the molecule is O=C(O)c1c(-c2ccccc2F)cncc1-c1ccccc1F. The lowest BCUT2D eigenvalue weighted by Crippen LogP contribution is -2.05. The van der Waals surface area contributed by atoms with Crippen molar-refractivity contribution in [2.75, 3.05) is 0 Å². The van der Waals surface area contributed by atoms with Gasteiger partial charge in [-0.15, -0.1) is 0 Å². The molecule has 23 heavy (non-hydrogen) atoms. The highest BCUT2D eigenvalue weighted by Crippen LogP contribution is 2.33. The van der Waals surface area contributed by atoms with E-state index in [1.807, 2.05) is 0 Å². The minimum absolute atomic E-state index is 0.107. The molecule has 1 heterocycles. The van der Waals surface area contributed by atoms with E-state index in [2.05, 4.69) is 4.98 Å². The molecule has 1 N–H and O–H groups in total. The van der Waals surface area contributed by atoms with Crippen LogP contribution in [0.1, 0.15) is 10.4 Å². The van der Waals surface area contributed by atoms with E-state index in [9.17, 15) is 18.7 Å². The summed E-state index contributed by atoms with van der Waals surface area (Å²) in [5.74, 6) is -2.41. The molecule has 0 atom stereocenters. The van der Waals surface area contributed by atoms with E-state index < -0.39 is 17.6 Å². The van der Waals surface area contributed by atoms with Crippen LogP contribution in [0, 0.1) is 11.6 Å². The van der Waals surface area contributed by atoms with Crippen LogP contribution < -0.4 is 0 Å². The monoisotopic (exact) mass is 311 g/mol. The van der Waals surface area contributed by atoms with E-state index >= 15 is 0 Å². The molecule has 1 aromatic heterocycles. The molecule has 0 saturated carbocycles. The molecule has 3 rings (SSSR count). The number of benzene rings is 2. The van der Waals surface area contributed by atoms with Crippen molar-refractivity contribution in [3.63, 3.8) is 0 Å². The number of aromatic nitrogens is 1. The van der Waals surface area contributed by atoms with Gasteiger partial charge >= 0.3 is 5.97 Å². The number of nitrogens with zero attached hydrogens (tertiary/aromatic N) is 1. The van der Waals surface area contributed by atoms with Crippen LogP contribution in [0.2, 0.25) is 0 Å². The molecule has 114 valence electrons. The molecular formula is C18H11F2NO2. The smallest absolute Gasteiger partial charge is 0.337 e. The van der Waals surface area contributed by atoms with Gasteiger partial charge in [0.2, 0.25) is 0 Å². The Morgan fingerprint density at radius 3 is 1.61 bits per heavy atom. The van der Waals surface area contributed by atoms with Crippen molar-refractivity contribution in [1.29, 1.82) is 0 Å². The lowest BCUT2D eigenvalue weighted by Gasteiger charge is -2.12. The maximum absolute atomic E-state index is 14.0. The Morgan fingerprint density at radius 1 is 0.783 bits per heavy atom. The number of hydrogen-bond donors (Lipinski definition) is 1. The number of carbonyl (C=O) groups is 1. The Hall–Kier alpha value is -3.08. The van der Waals surface area contributed by atoms with Gasteiger partial charge in [0.1, 0.15) is 11.6 Å². The van der Waals surface area contributed by atoms with Gasteiger partial charge in [-0.1, -0.05) is 36.4 Å². The van der Waals surface area contributed by atoms with E-state index in [-0.39, 0.29) is 27.8 Å². The van der Waals surface area contributed by atoms with Crippen LogP contribution in [0.5, 0.6) is 0 Å². The van der Waals surface area contributed by atoms with Gasteiger partial charge < -0.3 is 5.11 Å². The fourth-order valence-electron chi connectivity index (χ4n) is 2.46. The predicted octanol–water partition coefficient (Wildman–Crippen LogP) is 4.39. The summed E-state index contributed by atoms with van der Waals surface area (Å²) >= 11 is 0. The first-order valence-electron chi connectivity index (χ1n) is 6.80. The minimum Gasteiger partial charge on any atom is -0.478 e. The number of rotatable bonds is 3. The Bertz CT molecular complexity index is 830. The Labute approximate surface area is 130 Å². The first-order valence-corrected chi connectivity index (χ1v) is 6.80. The second kappa shape index (κ2) is 5.96. The van der Waals surface area contributed by atoms with Crippen LogP contribution in [0.4, 0.5) is 8.78 Å². The van der Waals surface area contributed by atoms with Crippen molar-refractivity contribution in [3.8, 4) is 22.3 Å². The number of carboxylic acids is 1. The van der Waals surface area contributed by atoms with E-state index in [4.69, 9.17) is 0 Å². The average Bonchev–Trinajstić information content (AvgIpc) is 2.55. The number of pyridine rings is 1. The molecule has 2 aromatic carbocycles. The van der Waals surface area contributed by atoms with Crippen LogP contribution in [-0.4, -0.2) is 16.1 Å². The van der Waals surface area contributed by atoms with Gasteiger partial charge in [-0.2, -0.15) is 0 Å². The fourth-order valence-corrected chi connectivity index (χ4v) is 2.46. The van der Waals surface area contributed by atoms with Crippen molar-refractivity contribution in [1.82, 2.24) is 4.98 Å². The van der Waals surface area contributed by atoms with Crippen LogP contribution in [0.3, 0.4) is 0 Å². The van der Waals surface area contributed by atoms with Crippen LogP contribution in [0.15, 0.2) is 60.9 Å². The molecule has 0 saturated heterocycles. The highest BCUT2D eigenvalue weighted by Gasteiger charge is 2.21. The molecule has 0 aliphatic carbocycles. The van der Waals surface area contributed by atoms with Crippen molar-refractivity contribution in [3.05, 3.63) is 78.1 Å². The summed E-state index contributed by atoms with van der Waals surface area (Å²) in [6.07, 6.45) is 2.54. The standard InChI is InChI=1S/C18H11F2NO2/c19-15-7-3-1-5-11(15)13-9-21-10-14(17(13)18(22)23)12-6-2-4-8-16(12)20/h1-10H,(H,22,23). The molecule has 0 aliphatic rings. The molecular weight excluding hydrogens is 300 g/mol. The molecule has 5 heteroatoms. The third-order valence-electron chi connectivity index (χ3n) is 3.49. The normalized spacial score (nSPS) is 10.5. The lowest BCUT2D eigenvalue weighted by molar-refractivity contribution is 0.0698. The number of hydrogen-bond acceptors (Lipinski definition) is 2. The third-order valence-corrected chi connectivity index (χ3v) is 3.49. The molecule has 0 amide bonds. The minimum atomic E-state index is -1.27. The molecule has 0 bridgehead atoms. The maximum atomic E-state index is 14.0. The van der Waals surface area contributed by atoms with Gasteiger partial charge in [-0.05, 0) is 12.1 Å². The summed E-state index contributed by atoms with van der Waals surface area (Å²) in [5, 5.41) is 9.58. The van der Waals surface area contributed by atoms with Crippen LogP contribution in [0.25, 0.3) is 22.3 Å². The van der Waals surface area contributed by atoms with Crippen molar-refractivity contribution >= 4 is 5.97 Å². The lowest BCUT2D eigenvalue weighted by atomic mass is 9.94. The van der Waals surface area contributed by atoms with Gasteiger partial charge in [0.25, 0.3) is 0 Å². The van der Waals surface area contributed by atoms with E-state index in [0.29, 0.717) is 0 Å². The Kier molecular flexibility index (Phi) is 3.85.